The van der Waals surface area contributed by atoms with Crippen molar-refractivity contribution in [2.75, 3.05) is 0 Å². The van der Waals surface area contributed by atoms with E-state index >= 15 is 0 Å². The van der Waals surface area contributed by atoms with E-state index in [1.807, 2.05) is 30.3 Å². The van der Waals surface area contributed by atoms with Gasteiger partial charge >= 0.3 is 0 Å². The second-order valence-corrected chi connectivity index (χ2v) is 3.54. The standard InChI is InChI=1S/C13H14N2/c1-2-6-13(12(9-14)10-15)11-7-4-3-5-8-11/h3-5,7-8,12-13H,2,6H2,1H3. The van der Waals surface area contributed by atoms with Gasteiger partial charge in [-0.2, -0.15) is 10.5 Å². The Hall–Kier alpha value is -1.80. The Bertz CT molecular complexity index is 356. The fourth-order valence-electron chi connectivity index (χ4n) is 1.75. The molecule has 0 aliphatic carbocycles. The Morgan fingerprint density at radius 3 is 2.20 bits per heavy atom. The maximum Gasteiger partial charge on any atom is 0.140 e. The maximum absolute atomic E-state index is 8.91. The van der Waals surface area contributed by atoms with Crippen molar-refractivity contribution < 1.29 is 0 Å². The van der Waals surface area contributed by atoms with Gasteiger partial charge in [0, 0.05) is 5.92 Å². The van der Waals surface area contributed by atoms with Crippen LogP contribution in [-0.2, 0) is 0 Å². The summed E-state index contributed by atoms with van der Waals surface area (Å²) < 4.78 is 0. The van der Waals surface area contributed by atoms with Crippen LogP contribution in [0.5, 0.6) is 0 Å². The van der Waals surface area contributed by atoms with E-state index in [2.05, 4.69) is 19.1 Å². The number of hydrogen-bond acceptors (Lipinski definition) is 2. The Kier molecular flexibility index (Phi) is 4.38. The summed E-state index contributed by atoms with van der Waals surface area (Å²) in [6.45, 7) is 2.07. The van der Waals surface area contributed by atoms with Gasteiger partial charge in [-0.15, -0.1) is 0 Å². The maximum atomic E-state index is 8.91. The second-order valence-electron chi connectivity index (χ2n) is 3.54. The van der Waals surface area contributed by atoms with Gasteiger partial charge in [-0.1, -0.05) is 43.7 Å². The molecular formula is C13H14N2. The van der Waals surface area contributed by atoms with Crippen molar-refractivity contribution in [2.45, 2.75) is 25.7 Å². The monoisotopic (exact) mass is 198 g/mol. The molecule has 0 aromatic heterocycles. The summed E-state index contributed by atoms with van der Waals surface area (Å²) in [6.07, 6.45) is 1.87. The molecule has 1 aromatic carbocycles. The highest BCUT2D eigenvalue weighted by atomic mass is 14.4. The molecule has 0 radical (unpaired) electrons. The van der Waals surface area contributed by atoms with Crippen LogP contribution in [0.1, 0.15) is 31.2 Å². The Morgan fingerprint density at radius 1 is 1.13 bits per heavy atom. The first-order valence-corrected chi connectivity index (χ1v) is 5.17. The predicted molar refractivity (Wildman–Crippen MR) is 58.8 cm³/mol. The zero-order valence-electron chi connectivity index (χ0n) is 8.85. The summed E-state index contributed by atoms with van der Waals surface area (Å²) in [5, 5.41) is 17.8. The lowest BCUT2D eigenvalue weighted by Gasteiger charge is -2.16. The third kappa shape index (κ3) is 2.82. The highest BCUT2D eigenvalue weighted by Crippen LogP contribution is 2.28. The van der Waals surface area contributed by atoms with Crippen LogP contribution >= 0.6 is 0 Å². The number of benzene rings is 1. The van der Waals surface area contributed by atoms with Gasteiger partial charge in [0.25, 0.3) is 0 Å². The average Bonchev–Trinajstić information content (AvgIpc) is 2.30. The molecule has 2 heteroatoms. The van der Waals surface area contributed by atoms with Gasteiger partial charge < -0.3 is 0 Å². The topological polar surface area (TPSA) is 47.6 Å². The molecule has 1 unspecified atom stereocenters. The summed E-state index contributed by atoms with van der Waals surface area (Å²) in [5.41, 5.74) is 1.09. The SMILES string of the molecule is CCCC(c1ccccc1)C(C#N)C#N. The van der Waals surface area contributed by atoms with Gasteiger partial charge in [0.15, 0.2) is 0 Å². The molecule has 2 nitrogen and oxygen atoms in total. The minimum Gasteiger partial charge on any atom is -0.197 e. The summed E-state index contributed by atoms with van der Waals surface area (Å²) in [7, 11) is 0. The largest absolute Gasteiger partial charge is 0.197 e. The lowest BCUT2D eigenvalue weighted by atomic mass is 9.84. The number of nitrogens with zero attached hydrogens (tertiary/aromatic N) is 2. The molecule has 0 bridgehead atoms. The molecular weight excluding hydrogens is 184 g/mol. The predicted octanol–water partition coefficient (Wildman–Crippen LogP) is 3.23. The number of nitriles is 2. The summed E-state index contributed by atoms with van der Waals surface area (Å²) >= 11 is 0. The van der Waals surface area contributed by atoms with E-state index in [4.69, 9.17) is 10.5 Å². The third-order valence-electron chi connectivity index (χ3n) is 2.51. The van der Waals surface area contributed by atoms with Crippen LogP contribution in [0.3, 0.4) is 0 Å². The van der Waals surface area contributed by atoms with Crippen LogP contribution in [0.15, 0.2) is 30.3 Å². The Balaban J connectivity index is 2.94. The highest BCUT2D eigenvalue weighted by Gasteiger charge is 2.21. The van der Waals surface area contributed by atoms with Crippen LogP contribution in [0.4, 0.5) is 0 Å². The van der Waals surface area contributed by atoms with Crippen LogP contribution in [0.25, 0.3) is 0 Å². The van der Waals surface area contributed by atoms with Gasteiger partial charge in [0.05, 0.1) is 12.1 Å². The molecule has 76 valence electrons. The first-order chi connectivity index (χ1) is 7.33. The van der Waals surface area contributed by atoms with E-state index in [-0.39, 0.29) is 5.92 Å². The number of hydrogen-bond donors (Lipinski definition) is 0. The molecule has 1 aromatic rings. The molecule has 0 spiro atoms. The van der Waals surface area contributed by atoms with Crippen molar-refractivity contribution >= 4 is 0 Å². The highest BCUT2D eigenvalue weighted by molar-refractivity contribution is 5.24. The molecule has 0 saturated carbocycles. The van der Waals surface area contributed by atoms with Gasteiger partial charge in [-0.25, -0.2) is 0 Å². The molecule has 0 aliphatic heterocycles. The normalized spacial score (nSPS) is 11.7. The Morgan fingerprint density at radius 2 is 1.73 bits per heavy atom. The van der Waals surface area contributed by atoms with Crippen molar-refractivity contribution in [3.8, 4) is 12.1 Å². The molecule has 0 heterocycles. The summed E-state index contributed by atoms with van der Waals surface area (Å²) in [4.78, 5) is 0. The van der Waals surface area contributed by atoms with Crippen LogP contribution in [0, 0.1) is 28.6 Å². The fraction of sp³-hybridized carbons (Fsp3) is 0.385. The van der Waals surface area contributed by atoms with E-state index in [1.165, 1.54) is 0 Å². The van der Waals surface area contributed by atoms with E-state index in [0.717, 1.165) is 18.4 Å². The molecule has 0 fully saturated rings. The molecule has 0 aliphatic rings. The van der Waals surface area contributed by atoms with Crippen molar-refractivity contribution in [3.63, 3.8) is 0 Å². The third-order valence-corrected chi connectivity index (χ3v) is 2.51. The van der Waals surface area contributed by atoms with Crippen molar-refractivity contribution in [2.24, 2.45) is 5.92 Å². The molecule has 1 rings (SSSR count). The summed E-state index contributed by atoms with van der Waals surface area (Å²) in [5.74, 6) is -0.487. The van der Waals surface area contributed by atoms with Crippen LogP contribution in [0.2, 0.25) is 0 Å². The van der Waals surface area contributed by atoms with Crippen LogP contribution in [-0.4, -0.2) is 0 Å². The van der Waals surface area contributed by atoms with Gasteiger partial charge in [-0.05, 0) is 12.0 Å². The van der Waals surface area contributed by atoms with Crippen molar-refractivity contribution in [1.82, 2.24) is 0 Å². The van der Waals surface area contributed by atoms with E-state index in [0.29, 0.717) is 0 Å². The van der Waals surface area contributed by atoms with Gasteiger partial charge in [0.1, 0.15) is 5.92 Å². The van der Waals surface area contributed by atoms with Gasteiger partial charge in [0.2, 0.25) is 0 Å². The molecule has 0 saturated heterocycles. The first kappa shape index (κ1) is 11.3. The molecule has 15 heavy (non-hydrogen) atoms. The quantitative estimate of drug-likeness (QED) is 0.745. The van der Waals surface area contributed by atoms with E-state index in [1.54, 1.807) is 0 Å². The minimum atomic E-state index is -0.535. The molecule has 0 N–H and O–H groups in total. The molecule has 1 atom stereocenters. The van der Waals surface area contributed by atoms with Crippen molar-refractivity contribution in [3.05, 3.63) is 35.9 Å². The number of rotatable bonds is 4. The lowest BCUT2D eigenvalue weighted by molar-refractivity contribution is 0.555. The zero-order chi connectivity index (χ0) is 11.1. The smallest absolute Gasteiger partial charge is 0.140 e. The lowest BCUT2D eigenvalue weighted by Crippen LogP contribution is -2.09. The second kappa shape index (κ2) is 5.83. The van der Waals surface area contributed by atoms with Gasteiger partial charge in [-0.3, -0.25) is 0 Å². The van der Waals surface area contributed by atoms with E-state index in [9.17, 15) is 0 Å². The average molecular weight is 198 g/mol. The zero-order valence-corrected chi connectivity index (χ0v) is 8.85. The molecule has 0 amide bonds. The van der Waals surface area contributed by atoms with Crippen molar-refractivity contribution in [1.29, 1.82) is 10.5 Å². The minimum absolute atomic E-state index is 0.0474. The Labute approximate surface area is 90.8 Å². The van der Waals surface area contributed by atoms with E-state index < -0.39 is 5.92 Å². The fourth-order valence-corrected chi connectivity index (χ4v) is 1.75. The first-order valence-electron chi connectivity index (χ1n) is 5.17. The van der Waals surface area contributed by atoms with Crippen LogP contribution < -0.4 is 0 Å². The summed E-state index contributed by atoms with van der Waals surface area (Å²) in [6, 6.07) is 14.0.